The molecule has 0 atom stereocenters. The molecule has 0 amide bonds. The Morgan fingerprint density at radius 3 is 1.87 bits per heavy atom. The minimum Gasteiger partial charge on any atom is -0.332 e. The smallest absolute Gasteiger partial charge is 0.332 e. The number of halogens is 6. The number of hydrogen-bond acceptors (Lipinski definition) is 3. The van der Waals surface area contributed by atoms with E-state index < -0.39 is 39.2 Å². The van der Waals surface area contributed by atoms with E-state index in [1.807, 2.05) is 0 Å². The highest BCUT2D eigenvalue weighted by atomic mass is 32.2. The third kappa shape index (κ3) is 6.08. The van der Waals surface area contributed by atoms with Crippen LogP contribution in [0.15, 0.2) is 41.3 Å². The number of nitrogens with zero attached hydrogens (tertiary/aromatic N) is 1. The van der Waals surface area contributed by atoms with Crippen LogP contribution in [0.5, 0.6) is 0 Å². The lowest BCUT2D eigenvalue weighted by molar-refractivity contribution is -0.143. The Hall–Kier alpha value is -2.38. The predicted octanol–water partition coefficient (Wildman–Crippen LogP) is 5.09. The van der Waals surface area contributed by atoms with Crippen LogP contribution in [0.2, 0.25) is 0 Å². The molecule has 13 heteroatoms. The number of thiocarbonyl (C=S) groups is 1. The van der Waals surface area contributed by atoms with E-state index in [1.165, 1.54) is 32.3 Å². The highest BCUT2D eigenvalue weighted by Crippen LogP contribution is 2.37. The lowest BCUT2D eigenvalue weighted by atomic mass is 10.1. The van der Waals surface area contributed by atoms with Gasteiger partial charge in [-0.25, -0.2) is 12.7 Å². The van der Waals surface area contributed by atoms with Crippen molar-refractivity contribution < 1.29 is 34.8 Å². The van der Waals surface area contributed by atoms with Gasteiger partial charge in [-0.2, -0.15) is 26.3 Å². The quantitative estimate of drug-likeness (QED) is 0.467. The van der Waals surface area contributed by atoms with E-state index in [1.54, 1.807) is 6.92 Å². The second-order valence-electron chi connectivity index (χ2n) is 6.64. The zero-order valence-electron chi connectivity index (χ0n) is 16.3. The van der Waals surface area contributed by atoms with Gasteiger partial charge in [-0.1, -0.05) is 6.07 Å². The first-order chi connectivity index (χ1) is 14.0. The predicted molar refractivity (Wildman–Crippen MR) is 108 cm³/mol. The maximum Gasteiger partial charge on any atom is 0.416 e. The molecule has 0 aliphatic rings. The SMILES string of the molecule is Cc1ccc(S(=O)(=O)N(C)C)cc1NC(=S)Nc1cc(C(F)(F)F)cc(C(F)(F)F)c1. The Bertz CT molecular complexity index is 1060. The van der Waals surface area contributed by atoms with E-state index in [-0.39, 0.29) is 21.8 Å². The van der Waals surface area contributed by atoms with Crippen LogP contribution in [-0.2, 0) is 22.4 Å². The summed E-state index contributed by atoms with van der Waals surface area (Å²) in [7, 11) is -1.11. The fourth-order valence-corrected chi connectivity index (χ4v) is 3.58. The van der Waals surface area contributed by atoms with Crippen molar-refractivity contribution in [2.75, 3.05) is 24.7 Å². The summed E-state index contributed by atoms with van der Waals surface area (Å²) >= 11 is 4.99. The molecular formula is C18H17F6N3O2S2. The molecule has 5 nitrogen and oxygen atoms in total. The van der Waals surface area contributed by atoms with Gasteiger partial charge in [-0.15, -0.1) is 0 Å². The molecule has 0 saturated carbocycles. The van der Waals surface area contributed by atoms with E-state index >= 15 is 0 Å². The molecule has 0 unspecified atom stereocenters. The number of alkyl halides is 6. The number of benzene rings is 2. The van der Waals surface area contributed by atoms with Crippen molar-refractivity contribution in [1.82, 2.24) is 4.31 Å². The van der Waals surface area contributed by atoms with Gasteiger partial charge in [0.15, 0.2) is 5.11 Å². The van der Waals surface area contributed by atoms with Gasteiger partial charge in [0.25, 0.3) is 0 Å². The minimum absolute atomic E-state index is 0.00137. The van der Waals surface area contributed by atoms with Crippen molar-refractivity contribution >= 4 is 38.7 Å². The Balaban J connectivity index is 2.35. The average molecular weight is 485 g/mol. The maximum atomic E-state index is 13.0. The first kappa shape index (κ1) is 24.9. The third-order valence-electron chi connectivity index (χ3n) is 4.08. The highest BCUT2D eigenvalue weighted by Gasteiger charge is 2.37. The number of aryl methyl sites for hydroxylation is 1. The number of nitrogens with one attached hydrogen (secondary N) is 2. The number of hydrogen-bond donors (Lipinski definition) is 2. The second-order valence-corrected chi connectivity index (χ2v) is 9.20. The molecule has 0 heterocycles. The van der Waals surface area contributed by atoms with Crippen molar-refractivity contribution in [3.8, 4) is 0 Å². The molecule has 0 aliphatic heterocycles. The van der Waals surface area contributed by atoms with Crippen LogP contribution in [0.4, 0.5) is 37.7 Å². The summed E-state index contributed by atoms with van der Waals surface area (Å²) in [6, 6.07) is 5.07. The van der Waals surface area contributed by atoms with Gasteiger partial charge in [-0.3, -0.25) is 0 Å². The van der Waals surface area contributed by atoms with Crippen LogP contribution in [0, 0.1) is 6.92 Å². The zero-order valence-corrected chi connectivity index (χ0v) is 17.9. The highest BCUT2D eigenvalue weighted by molar-refractivity contribution is 7.89. The summed E-state index contributed by atoms with van der Waals surface area (Å²) < 4.78 is 103. The van der Waals surface area contributed by atoms with Crippen molar-refractivity contribution in [2.24, 2.45) is 0 Å². The summed E-state index contributed by atoms with van der Waals surface area (Å²) in [6.07, 6.45) is -10.0. The largest absolute Gasteiger partial charge is 0.416 e. The molecule has 170 valence electrons. The number of sulfonamides is 1. The Morgan fingerprint density at radius 1 is 0.903 bits per heavy atom. The topological polar surface area (TPSA) is 61.4 Å². The Morgan fingerprint density at radius 2 is 1.42 bits per heavy atom. The van der Waals surface area contributed by atoms with Gasteiger partial charge in [0.2, 0.25) is 10.0 Å². The van der Waals surface area contributed by atoms with E-state index in [4.69, 9.17) is 12.2 Å². The van der Waals surface area contributed by atoms with Crippen molar-refractivity contribution in [3.63, 3.8) is 0 Å². The summed E-state index contributed by atoms with van der Waals surface area (Å²) in [6.45, 7) is 1.61. The molecule has 0 radical (unpaired) electrons. The van der Waals surface area contributed by atoms with E-state index in [2.05, 4.69) is 10.6 Å². The number of anilines is 2. The molecule has 0 aromatic heterocycles. The molecule has 0 bridgehead atoms. The van der Waals surface area contributed by atoms with Crippen molar-refractivity contribution in [3.05, 3.63) is 53.1 Å². The first-order valence-corrected chi connectivity index (χ1v) is 10.3. The van der Waals surface area contributed by atoms with Crippen LogP contribution in [0.3, 0.4) is 0 Å². The molecule has 31 heavy (non-hydrogen) atoms. The molecule has 2 aromatic carbocycles. The lowest BCUT2D eigenvalue weighted by Gasteiger charge is -2.18. The lowest BCUT2D eigenvalue weighted by Crippen LogP contribution is -2.23. The van der Waals surface area contributed by atoms with Gasteiger partial charge in [0, 0.05) is 25.5 Å². The van der Waals surface area contributed by atoms with Crippen molar-refractivity contribution in [1.29, 1.82) is 0 Å². The monoisotopic (exact) mass is 485 g/mol. The Labute approximate surface area is 180 Å². The molecule has 0 aliphatic carbocycles. The zero-order chi connectivity index (χ0) is 23.8. The molecule has 2 aromatic rings. The summed E-state index contributed by atoms with van der Waals surface area (Å²) in [5, 5.41) is 4.56. The van der Waals surface area contributed by atoms with Crippen LogP contribution in [0.25, 0.3) is 0 Å². The summed E-state index contributed by atoms with van der Waals surface area (Å²) in [4.78, 5) is -0.0770. The fraction of sp³-hybridized carbons (Fsp3) is 0.278. The molecular weight excluding hydrogens is 468 g/mol. The van der Waals surface area contributed by atoms with E-state index in [0.29, 0.717) is 17.7 Å². The molecule has 0 saturated heterocycles. The Kier molecular flexibility index (Phi) is 6.93. The van der Waals surface area contributed by atoms with Gasteiger partial charge < -0.3 is 10.6 Å². The molecule has 0 fully saturated rings. The maximum absolute atomic E-state index is 13.0. The normalized spacial score (nSPS) is 12.7. The third-order valence-corrected chi connectivity index (χ3v) is 6.10. The van der Waals surface area contributed by atoms with Crippen LogP contribution >= 0.6 is 12.2 Å². The molecule has 0 spiro atoms. The van der Waals surface area contributed by atoms with Gasteiger partial charge >= 0.3 is 12.4 Å². The molecule has 2 N–H and O–H groups in total. The number of rotatable bonds is 4. The van der Waals surface area contributed by atoms with Crippen LogP contribution in [-0.4, -0.2) is 31.9 Å². The average Bonchev–Trinajstić information content (AvgIpc) is 2.61. The van der Waals surface area contributed by atoms with Crippen molar-refractivity contribution in [2.45, 2.75) is 24.2 Å². The van der Waals surface area contributed by atoms with E-state index in [0.717, 1.165) is 4.31 Å². The van der Waals surface area contributed by atoms with E-state index in [9.17, 15) is 34.8 Å². The summed E-state index contributed by atoms with van der Waals surface area (Å²) in [5.74, 6) is 0. The second kappa shape index (κ2) is 8.63. The van der Waals surface area contributed by atoms with Crippen LogP contribution < -0.4 is 10.6 Å². The fourth-order valence-electron chi connectivity index (χ4n) is 2.42. The standard InChI is InChI=1S/C18H17F6N3O2S2/c1-10-4-5-14(31(28,29)27(2)3)9-15(10)26-16(30)25-13-7-11(17(19,20)21)6-12(8-13)18(22,23)24/h4-9H,1-3H3,(H2,25,26,30). The van der Waals surface area contributed by atoms with Gasteiger partial charge in [0.05, 0.1) is 16.0 Å². The first-order valence-electron chi connectivity index (χ1n) is 8.42. The molecule has 2 rings (SSSR count). The summed E-state index contributed by atoms with van der Waals surface area (Å²) in [5.41, 5.74) is -2.77. The van der Waals surface area contributed by atoms with Gasteiger partial charge in [-0.05, 0) is 55.0 Å². The van der Waals surface area contributed by atoms with Gasteiger partial charge in [0.1, 0.15) is 0 Å². The van der Waals surface area contributed by atoms with Crippen LogP contribution in [0.1, 0.15) is 16.7 Å². The minimum atomic E-state index is -5.00.